The van der Waals surface area contributed by atoms with Crippen LogP contribution in [0.3, 0.4) is 0 Å². The number of ether oxygens (including phenoxy) is 2. The second-order valence-electron chi connectivity index (χ2n) is 21.7. The molecule has 4 aromatic carbocycles. The Balaban J connectivity index is 0.910. The summed E-state index contributed by atoms with van der Waals surface area (Å²) in [6.07, 6.45) is 1.83. The zero-order valence-corrected chi connectivity index (χ0v) is 48.2. The highest BCUT2D eigenvalue weighted by Crippen LogP contribution is 2.34. The molecule has 0 bridgehead atoms. The van der Waals surface area contributed by atoms with Crippen LogP contribution in [0, 0.1) is 0 Å². The Bertz CT molecular complexity index is 3370. The minimum atomic E-state index is -0.854. The maximum absolute atomic E-state index is 14.1. The number of carbonyl (C=O) groups excluding carboxylic acids is 4. The van der Waals surface area contributed by atoms with Gasteiger partial charge in [-0.2, -0.15) is 29.9 Å². The molecule has 14 N–H and O–H groups in total. The first-order valence-electron chi connectivity index (χ1n) is 27.8. The van der Waals surface area contributed by atoms with Crippen molar-refractivity contribution in [3.05, 3.63) is 96.1 Å². The van der Waals surface area contributed by atoms with E-state index in [0.717, 1.165) is 58.6 Å². The fourth-order valence-corrected chi connectivity index (χ4v) is 9.16. The van der Waals surface area contributed by atoms with E-state index < -0.39 is 35.2 Å². The summed E-state index contributed by atoms with van der Waals surface area (Å²) in [5.41, 5.74) is 25.9. The van der Waals surface area contributed by atoms with E-state index in [2.05, 4.69) is 61.8 Å². The van der Waals surface area contributed by atoms with Crippen LogP contribution in [0.25, 0.3) is 43.6 Å². The third kappa shape index (κ3) is 16.4. The normalized spacial score (nSPS) is 11.5. The van der Waals surface area contributed by atoms with Crippen LogP contribution in [0.15, 0.2) is 84.9 Å². The molecule has 0 aliphatic carbocycles. The highest BCUT2D eigenvalue weighted by atomic mass is 16.6. The van der Waals surface area contributed by atoms with Crippen LogP contribution in [0.5, 0.6) is 0 Å². The Labute approximate surface area is 486 Å². The fraction of sp³-hybridized carbons (Fsp3) is 0.379. The van der Waals surface area contributed by atoms with E-state index in [1.807, 2.05) is 72.8 Å². The molecule has 0 saturated heterocycles. The van der Waals surface area contributed by atoms with Gasteiger partial charge in [0.05, 0.1) is 44.6 Å². The Hall–Kier alpha value is -9.88. The van der Waals surface area contributed by atoms with Gasteiger partial charge in [-0.25, -0.2) is 19.6 Å². The third-order valence-electron chi connectivity index (χ3n) is 12.9. The van der Waals surface area contributed by atoms with Crippen LogP contribution in [-0.2, 0) is 9.47 Å². The van der Waals surface area contributed by atoms with Gasteiger partial charge in [0.25, 0.3) is 11.8 Å². The Morgan fingerprint density at radius 2 is 0.762 bits per heavy atom. The first-order chi connectivity index (χ1) is 40.2. The highest BCUT2D eigenvalue weighted by Gasteiger charge is 2.27. The number of aromatic nitrogens is 8. The quantitative estimate of drug-likeness (QED) is 0.0203. The number of pyridine rings is 2. The molecule has 0 saturated carbocycles. The summed E-state index contributed by atoms with van der Waals surface area (Å²) in [7, 11) is 0. The average molecular weight is 1150 g/mol. The van der Waals surface area contributed by atoms with E-state index in [1.54, 1.807) is 53.7 Å². The van der Waals surface area contributed by atoms with Crippen molar-refractivity contribution in [3.63, 3.8) is 0 Å². The summed E-state index contributed by atoms with van der Waals surface area (Å²) in [4.78, 5) is 92.7. The van der Waals surface area contributed by atoms with Crippen LogP contribution in [0.1, 0.15) is 87.9 Å². The lowest BCUT2D eigenvalue weighted by Crippen LogP contribution is -2.48. The Morgan fingerprint density at radius 1 is 0.417 bits per heavy atom. The largest absolute Gasteiger partial charge is 0.444 e. The van der Waals surface area contributed by atoms with E-state index in [1.165, 1.54) is 9.80 Å². The minimum absolute atomic E-state index is 0.00165. The van der Waals surface area contributed by atoms with Crippen molar-refractivity contribution < 1.29 is 28.7 Å². The standard InChI is InChI=1S/C58H74N20O6/c1-57(2,3)83-55(81)77(31-29-65-47(79)39-21-15-19-37-43(35-17-7-9-23-41(35)69-45(37)39)63-25-11-13-27-67-53-73-49(59)71-50(60)74-53)33-34-78(56(82)84-58(4,5)6)32-30-66-48(80)40-22-16-20-38-44(36-18-8-10-24-42(36)70-46(38)40)64-26-12-14-28-68-54-75-51(61)72-52(62)76-54/h7-10,15-24H,11-14,25-34H2,1-6H3,(H,63,69)(H,64,70)(H,65,79)(H,66,80)(H5,59,60,67,71,73,74)(H5,61,62,68,72,75,76). The molecule has 26 nitrogen and oxygen atoms in total. The molecule has 0 fully saturated rings. The maximum Gasteiger partial charge on any atom is 0.410 e. The molecule has 0 aliphatic rings. The molecule has 0 radical (unpaired) electrons. The van der Waals surface area contributed by atoms with E-state index >= 15 is 0 Å². The van der Waals surface area contributed by atoms with Gasteiger partial charge in [-0.05, 0) is 91.5 Å². The summed E-state index contributed by atoms with van der Waals surface area (Å²) in [6, 6.07) is 26.4. The summed E-state index contributed by atoms with van der Waals surface area (Å²) in [5, 5.41) is 22.7. The molecule has 0 unspecified atom stereocenters. The molecule has 4 heterocycles. The second kappa shape index (κ2) is 27.3. The van der Waals surface area contributed by atoms with Gasteiger partial charge < -0.3 is 74.1 Å². The number of carbonyl (C=O) groups is 4. The molecule has 0 atom stereocenters. The van der Waals surface area contributed by atoms with Gasteiger partial charge in [0.15, 0.2) is 0 Å². The molecule has 8 rings (SSSR count). The number of unbranched alkanes of at least 4 members (excludes halogenated alkanes) is 2. The molecule has 442 valence electrons. The number of hydrogen-bond acceptors (Lipinski definition) is 22. The number of fused-ring (bicyclic) bond motifs is 4. The summed E-state index contributed by atoms with van der Waals surface area (Å²) >= 11 is 0. The fourth-order valence-electron chi connectivity index (χ4n) is 9.16. The smallest absolute Gasteiger partial charge is 0.410 e. The Morgan fingerprint density at radius 3 is 1.13 bits per heavy atom. The molecule has 4 amide bonds. The summed E-state index contributed by atoms with van der Waals surface area (Å²) in [6.45, 7) is 13.1. The number of nitrogens with two attached hydrogens (primary N) is 4. The van der Waals surface area contributed by atoms with Gasteiger partial charge in [-0.3, -0.25) is 9.59 Å². The van der Waals surface area contributed by atoms with Crippen LogP contribution < -0.4 is 54.8 Å². The zero-order valence-electron chi connectivity index (χ0n) is 48.2. The number of benzene rings is 4. The molecule has 8 aromatic rings. The highest BCUT2D eigenvalue weighted by molar-refractivity contribution is 6.15. The van der Waals surface area contributed by atoms with Crippen LogP contribution in [0.4, 0.5) is 56.7 Å². The minimum Gasteiger partial charge on any atom is -0.444 e. The molecular weight excluding hydrogens is 1070 g/mol. The first kappa shape index (κ1) is 60.2. The summed E-state index contributed by atoms with van der Waals surface area (Å²) < 4.78 is 11.6. The monoisotopic (exact) mass is 1150 g/mol. The van der Waals surface area contributed by atoms with Crippen LogP contribution in [-0.4, -0.2) is 150 Å². The number of nitrogen functional groups attached to an aromatic ring is 4. The van der Waals surface area contributed by atoms with Crippen molar-refractivity contribution in [3.8, 4) is 0 Å². The van der Waals surface area contributed by atoms with Crippen molar-refractivity contribution in [2.24, 2.45) is 0 Å². The van der Waals surface area contributed by atoms with Crippen molar-refractivity contribution in [1.29, 1.82) is 0 Å². The third-order valence-corrected chi connectivity index (χ3v) is 12.9. The summed E-state index contributed by atoms with van der Waals surface area (Å²) in [5.74, 6) is -0.00981. The van der Waals surface area contributed by atoms with Crippen molar-refractivity contribution in [2.45, 2.75) is 78.4 Å². The Kier molecular flexibility index (Phi) is 19.5. The lowest BCUT2D eigenvalue weighted by atomic mass is 10.0. The lowest BCUT2D eigenvalue weighted by molar-refractivity contribution is 0.0138. The maximum atomic E-state index is 14.1. The SMILES string of the molecule is CC(C)(C)OC(=O)N(CCNC(=O)c1cccc2c(NCCCCNc3nc(N)nc(N)n3)c3ccccc3nc12)CCN(CCNC(=O)c1cccc2c(NCCCCNc3nc(N)nc(N)n3)c3ccccc3nc12)C(=O)OC(C)(C)C. The molecule has 84 heavy (non-hydrogen) atoms. The van der Waals surface area contributed by atoms with E-state index in [-0.39, 0.29) is 63.1 Å². The van der Waals surface area contributed by atoms with E-state index in [9.17, 15) is 19.2 Å². The zero-order chi connectivity index (χ0) is 60.0. The molecule has 4 aromatic heterocycles. The number of nitrogens with one attached hydrogen (secondary N) is 6. The number of para-hydroxylation sites is 4. The molecule has 0 aliphatic heterocycles. The van der Waals surface area contributed by atoms with E-state index in [0.29, 0.717) is 71.3 Å². The average Bonchev–Trinajstić information content (AvgIpc) is 1.75. The van der Waals surface area contributed by atoms with Crippen LogP contribution >= 0.6 is 0 Å². The van der Waals surface area contributed by atoms with Crippen molar-refractivity contribution in [2.75, 3.05) is 110 Å². The second-order valence-corrected chi connectivity index (χ2v) is 21.7. The number of amides is 4. The van der Waals surface area contributed by atoms with Gasteiger partial charge in [-0.1, -0.05) is 60.7 Å². The van der Waals surface area contributed by atoms with E-state index in [4.69, 9.17) is 42.4 Å². The number of anilines is 8. The van der Waals surface area contributed by atoms with Gasteiger partial charge in [0, 0.05) is 87.0 Å². The predicted octanol–water partition coefficient (Wildman–Crippen LogP) is 7.03. The topological polar surface area (TPSA) is 373 Å². The first-order valence-corrected chi connectivity index (χ1v) is 27.8. The predicted molar refractivity (Wildman–Crippen MR) is 329 cm³/mol. The van der Waals surface area contributed by atoms with Gasteiger partial charge in [-0.15, -0.1) is 0 Å². The molecular formula is C58H74N20O6. The number of nitrogens with zero attached hydrogens (tertiary/aromatic N) is 10. The lowest BCUT2D eigenvalue weighted by Gasteiger charge is -2.31. The van der Waals surface area contributed by atoms with Crippen LogP contribution in [0.2, 0.25) is 0 Å². The molecule has 26 heteroatoms. The number of hydrogen-bond donors (Lipinski definition) is 10. The van der Waals surface area contributed by atoms with Gasteiger partial charge in [0.2, 0.25) is 35.7 Å². The van der Waals surface area contributed by atoms with Crippen molar-refractivity contribution >= 4 is 115 Å². The van der Waals surface area contributed by atoms with Gasteiger partial charge >= 0.3 is 12.2 Å². The van der Waals surface area contributed by atoms with Crippen molar-refractivity contribution in [1.82, 2.24) is 60.3 Å². The van der Waals surface area contributed by atoms with Gasteiger partial charge in [0.1, 0.15) is 11.2 Å². The molecule has 0 spiro atoms. The number of rotatable bonds is 25.